The molecule has 106 valence electrons. The van der Waals surface area contributed by atoms with E-state index >= 15 is 0 Å². The molecule has 1 atom stereocenters. The van der Waals surface area contributed by atoms with Gasteiger partial charge in [-0.3, -0.25) is 0 Å². The molecule has 0 aromatic heterocycles. The second-order valence-electron chi connectivity index (χ2n) is 6.71. The smallest absolute Gasteiger partial charge is 0.0499 e. The first-order valence-corrected chi connectivity index (χ1v) is 7.65. The quantitative estimate of drug-likeness (QED) is 0.831. The van der Waals surface area contributed by atoms with Crippen molar-refractivity contribution in [2.24, 2.45) is 5.41 Å². The summed E-state index contributed by atoms with van der Waals surface area (Å²) in [5.41, 5.74) is 0.215. The molecule has 0 amide bonds. The number of likely N-dealkylation sites (tertiary alicyclic amines) is 1. The highest BCUT2D eigenvalue weighted by Crippen LogP contribution is 2.37. The minimum atomic E-state index is 0.215. The fourth-order valence-electron chi connectivity index (χ4n) is 3.74. The number of aliphatic hydroxyl groups is 1. The van der Waals surface area contributed by atoms with Gasteiger partial charge in [0.15, 0.2) is 0 Å². The molecule has 18 heavy (non-hydrogen) atoms. The molecule has 1 heterocycles. The topological polar surface area (TPSA) is 26.7 Å². The Morgan fingerprint density at radius 3 is 2.50 bits per heavy atom. The molecule has 1 aliphatic carbocycles. The Hall–Kier alpha value is -0.120. The van der Waals surface area contributed by atoms with Crippen LogP contribution in [0.2, 0.25) is 0 Å². The summed E-state index contributed by atoms with van der Waals surface area (Å²) < 4.78 is 0. The highest BCUT2D eigenvalue weighted by molar-refractivity contribution is 4.88. The lowest BCUT2D eigenvalue weighted by Gasteiger charge is -2.43. The van der Waals surface area contributed by atoms with Crippen LogP contribution in [0.4, 0.5) is 0 Å². The van der Waals surface area contributed by atoms with Crippen LogP contribution in [0, 0.1) is 5.41 Å². The van der Waals surface area contributed by atoms with Crippen molar-refractivity contribution in [2.75, 3.05) is 40.3 Å². The Bertz CT molecular complexity index is 249. The van der Waals surface area contributed by atoms with Crippen molar-refractivity contribution in [1.82, 2.24) is 9.80 Å². The van der Waals surface area contributed by atoms with Gasteiger partial charge in [-0.25, -0.2) is 0 Å². The summed E-state index contributed by atoms with van der Waals surface area (Å²) in [4.78, 5) is 4.97. The molecular formula is C15H30N2O. The molecule has 1 N–H and O–H groups in total. The lowest BCUT2D eigenvalue weighted by atomic mass is 9.74. The number of nitrogens with zero attached hydrogens (tertiary/aromatic N) is 2. The van der Waals surface area contributed by atoms with Gasteiger partial charge in [0.1, 0.15) is 0 Å². The largest absolute Gasteiger partial charge is 0.396 e. The first kappa shape index (κ1) is 14.3. The van der Waals surface area contributed by atoms with E-state index in [2.05, 4.69) is 23.9 Å². The second kappa shape index (κ2) is 6.36. The number of rotatable bonds is 4. The van der Waals surface area contributed by atoms with Crippen molar-refractivity contribution in [3.05, 3.63) is 0 Å². The van der Waals surface area contributed by atoms with E-state index < -0.39 is 0 Å². The summed E-state index contributed by atoms with van der Waals surface area (Å²) in [5.74, 6) is 0. The van der Waals surface area contributed by atoms with Gasteiger partial charge in [0, 0.05) is 31.2 Å². The van der Waals surface area contributed by atoms with E-state index in [0.717, 1.165) is 6.54 Å². The number of hydrogen-bond acceptors (Lipinski definition) is 3. The lowest BCUT2D eigenvalue weighted by molar-refractivity contribution is 0.0210. The van der Waals surface area contributed by atoms with Gasteiger partial charge in [0.25, 0.3) is 0 Å². The molecule has 2 fully saturated rings. The normalized spacial score (nSPS) is 29.7. The SMILES string of the molecule is CN(C)C1CCCN(CC2(CO)CCCCC2)C1. The third kappa shape index (κ3) is 3.46. The maximum absolute atomic E-state index is 9.81. The van der Waals surface area contributed by atoms with Crippen molar-refractivity contribution in [3.63, 3.8) is 0 Å². The van der Waals surface area contributed by atoms with Crippen LogP contribution in [-0.4, -0.2) is 61.3 Å². The molecule has 0 bridgehead atoms. The molecule has 3 nitrogen and oxygen atoms in total. The fourth-order valence-corrected chi connectivity index (χ4v) is 3.74. The molecule has 0 aromatic rings. The number of aliphatic hydroxyl groups excluding tert-OH is 1. The van der Waals surface area contributed by atoms with Gasteiger partial charge >= 0.3 is 0 Å². The van der Waals surface area contributed by atoms with Crippen molar-refractivity contribution in [1.29, 1.82) is 0 Å². The summed E-state index contributed by atoms with van der Waals surface area (Å²) >= 11 is 0. The first-order chi connectivity index (χ1) is 8.65. The maximum atomic E-state index is 9.81. The Balaban J connectivity index is 1.90. The van der Waals surface area contributed by atoms with E-state index in [-0.39, 0.29) is 5.41 Å². The average molecular weight is 254 g/mol. The lowest BCUT2D eigenvalue weighted by Crippen LogP contribution is -2.50. The van der Waals surface area contributed by atoms with Crippen molar-refractivity contribution < 1.29 is 5.11 Å². The molecular weight excluding hydrogens is 224 g/mol. The minimum Gasteiger partial charge on any atom is -0.396 e. The van der Waals surface area contributed by atoms with E-state index in [9.17, 15) is 5.11 Å². The van der Waals surface area contributed by atoms with E-state index in [4.69, 9.17) is 0 Å². The van der Waals surface area contributed by atoms with Crippen LogP contribution in [0.5, 0.6) is 0 Å². The average Bonchev–Trinajstić information content (AvgIpc) is 2.40. The van der Waals surface area contributed by atoms with Gasteiger partial charge in [-0.1, -0.05) is 19.3 Å². The van der Waals surface area contributed by atoms with Crippen molar-refractivity contribution >= 4 is 0 Å². The first-order valence-electron chi connectivity index (χ1n) is 7.65. The molecule has 1 aliphatic heterocycles. The summed E-state index contributed by atoms with van der Waals surface area (Å²) in [6, 6.07) is 0.707. The zero-order valence-corrected chi connectivity index (χ0v) is 12.2. The zero-order valence-electron chi connectivity index (χ0n) is 12.2. The molecule has 1 unspecified atom stereocenters. The van der Waals surface area contributed by atoms with Crippen LogP contribution >= 0.6 is 0 Å². The third-order valence-corrected chi connectivity index (χ3v) is 5.02. The predicted molar refractivity (Wildman–Crippen MR) is 75.8 cm³/mol. The monoisotopic (exact) mass is 254 g/mol. The van der Waals surface area contributed by atoms with Crippen LogP contribution in [-0.2, 0) is 0 Å². The van der Waals surface area contributed by atoms with E-state index in [1.165, 1.54) is 58.0 Å². The van der Waals surface area contributed by atoms with Gasteiger partial charge in [0.2, 0.25) is 0 Å². The Morgan fingerprint density at radius 1 is 1.17 bits per heavy atom. The predicted octanol–water partition coefficient (Wildman–Crippen LogP) is 1.96. The molecule has 0 spiro atoms. The standard InChI is InChI=1S/C15H30N2O/c1-16(2)14-7-6-10-17(11-14)12-15(13-18)8-4-3-5-9-15/h14,18H,3-13H2,1-2H3. The number of piperidine rings is 1. The highest BCUT2D eigenvalue weighted by atomic mass is 16.3. The van der Waals surface area contributed by atoms with Gasteiger partial charge < -0.3 is 14.9 Å². The molecule has 3 heteroatoms. The summed E-state index contributed by atoms with van der Waals surface area (Å²) in [7, 11) is 4.38. The van der Waals surface area contributed by atoms with Gasteiger partial charge in [0.05, 0.1) is 0 Å². The zero-order chi connectivity index (χ0) is 13.0. The molecule has 2 aliphatic rings. The molecule has 2 rings (SSSR count). The highest BCUT2D eigenvalue weighted by Gasteiger charge is 2.34. The summed E-state index contributed by atoms with van der Waals surface area (Å²) in [6.45, 7) is 3.92. The van der Waals surface area contributed by atoms with Crippen LogP contribution in [0.1, 0.15) is 44.9 Å². The van der Waals surface area contributed by atoms with E-state index in [1.54, 1.807) is 0 Å². The van der Waals surface area contributed by atoms with Gasteiger partial charge in [-0.05, 0) is 46.3 Å². The molecule has 0 aromatic carbocycles. The van der Waals surface area contributed by atoms with Crippen molar-refractivity contribution in [2.45, 2.75) is 51.0 Å². The van der Waals surface area contributed by atoms with Gasteiger partial charge in [-0.15, -0.1) is 0 Å². The number of likely N-dealkylation sites (N-methyl/N-ethyl adjacent to an activating group) is 1. The van der Waals surface area contributed by atoms with Crippen molar-refractivity contribution in [3.8, 4) is 0 Å². The van der Waals surface area contributed by atoms with Gasteiger partial charge in [-0.2, -0.15) is 0 Å². The maximum Gasteiger partial charge on any atom is 0.0499 e. The van der Waals surface area contributed by atoms with E-state index in [1.807, 2.05) is 0 Å². The Labute approximate surface area is 112 Å². The third-order valence-electron chi connectivity index (χ3n) is 5.02. The Kier molecular flexibility index (Phi) is 5.05. The van der Waals surface area contributed by atoms with Crippen LogP contribution < -0.4 is 0 Å². The molecule has 1 saturated carbocycles. The van der Waals surface area contributed by atoms with Crippen LogP contribution in [0.3, 0.4) is 0 Å². The summed E-state index contributed by atoms with van der Waals surface area (Å²) in [5, 5.41) is 9.81. The molecule has 0 radical (unpaired) electrons. The fraction of sp³-hybridized carbons (Fsp3) is 1.00. The second-order valence-corrected chi connectivity index (χ2v) is 6.71. The number of hydrogen-bond donors (Lipinski definition) is 1. The van der Waals surface area contributed by atoms with Crippen LogP contribution in [0.15, 0.2) is 0 Å². The van der Waals surface area contributed by atoms with Crippen LogP contribution in [0.25, 0.3) is 0 Å². The Morgan fingerprint density at radius 2 is 1.89 bits per heavy atom. The minimum absolute atomic E-state index is 0.215. The van der Waals surface area contributed by atoms with E-state index in [0.29, 0.717) is 12.6 Å². The summed E-state index contributed by atoms with van der Waals surface area (Å²) in [6.07, 6.45) is 9.08. The molecule has 1 saturated heterocycles.